The molecule has 1 saturated heterocycles. The van der Waals surface area contributed by atoms with E-state index in [1.807, 2.05) is 24.0 Å². The number of aromatic nitrogens is 2. The standard InChI is InChI=1S/C21H27N5O2/c1-13-4-3-9-26(12-13)21(28)15-5-6-17(14(2)10-15)23-20(27)19-16-11-22-8-7-18(16)24-25-19/h5-6,10,13,22H,3-4,7-9,11-12H2,1-2H3,(H,23,27)(H,24,25). The molecule has 148 valence electrons. The second-order valence-corrected chi connectivity index (χ2v) is 7.94. The van der Waals surface area contributed by atoms with Gasteiger partial charge in [0.15, 0.2) is 5.69 Å². The molecular weight excluding hydrogens is 354 g/mol. The molecule has 3 N–H and O–H groups in total. The van der Waals surface area contributed by atoms with Gasteiger partial charge < -0.3 is 15.5 Å². The second-order valence-electron chi connectivity index (χ2n) is 7.94. The van der Waals surface area contributed by atoms with Gasteiger partial charge in [-0.15, -0.1) is 0 Å². The van der Waals surface area contributed by atoms with Crippen LogP contribution in [0.3, 0.4) is 0 Å². The van der Waals surface area contributed by atoms with Crippen LogP contribution in [-0.4, -0.2) is 46.5 Å². The predicted molar refractivity (Wildman–Crippen MR) is 107 cm³/mol. The topological polar surface area (TPSA) is 90.1 Å². The van der Waals surface area contributed by atoms with Crippen LogP contribution < -0.4 is 10.6 Å². The van der Waals surface area contributed by atoms with Gasteiger partial charge in [0.05, 0.1) is 0 Å². The monoisotopic (exact) mass is 381 g/mol. The van der Waals surface area contributed by atoms with Gasteiger partial charge in [-0.25, -0.2) is 0 Å². The molecule has 0 aliphatic carbocycles. The highest BCUT2D eigenvalue weighted by atomic mass is 16.2. The number of likely N-dealkylation sites (tertiary alicyclic amines) is 1. The summed E-state index contributed by atoms with van der Waals surface area (Å²) >= 11 is 0. The molecule has 0 saturated carbocycles. The molecule has 2 aliphatic heterocycles. The average Bonchev–Trinajstić information content (AvgIpc) is 3.13. The molecule has 28 heavy (non-hydrogen) atoms. The number of anilines is 1. The van der Waals surface area contributed by atoms with Crippen molar-refractivity contribution in [2.24, 2.45) is 5.92 Å². The van der Waals surface area contributed by atoms with Gasteiger partial charge in [0.1, 0.15) is 0 Å². The summed E-state index contributed by atoms with van der Waals surface area (Å²) in [7, 11) is 0. The van der Waals surface area contributed by atoms with Crippen molar-refractivity contribution in [3.05, 3.63) is 46.3 Å². The van der Waals surface area contributed by atoms with Crippen molar-refractivity contribution >= 4 is 17.5 Å². The summed E-state index contributed by atoms with van der Waals surface area (Å²) in [6.45, 7) is 7.27. The molecule has 1 fully saturated rings. The number of fused-ring (bicyclic) bond motifs is 1. The Balaban J connectivity index is 1.48. The van der Waals surface area contributed by atoms with Gasteiger partial charge in [0.25, 0.3) is 11.8 Å². The van der Waals surface area contributed by atoms with Gasteiger partial charge in [-0.1, -0.05) is 6.92 Å². The van der Waals surface area contributed by atoms with E-state index in [2.05, 4.69) is 27.8 Å². The Morgan fingerprint density at radius 1 is 1.32 bits per heavy atom. The molecule has 3 heterocycles. The van der Waals surface area contributed by atoms with E-state index in [1.165, 1.54) is 6.42 Å². The number of rotatable bonds is 3. The smallest absolute Gasteiger partial charge is 0.276 e. The predicted octanol–water partition coefficient (Wildman–Crippen LogP) is 2.49. The number of nitrogens with zero attached hydrogens (tertiary/aromatic N) is 2. The molecule has 4 rings (SSSR count). The highest BCUT2D eigenvalue weighted by molar-refractivity contribution is 6.05. The van der Waals surface area contributed by atoms with Crippen LogP contribution in [0.5, 0.6) is 0 Å². The summed E-state index contributed by atoms with van der Waals surface area (Å²) in [5.74, 6) is 0.389. The summed E-state index contributed by atoms with van der Waals surface area (Å²) in [4.78, 5) is 27.4. The molecule has 1 unspecified atom stereocenters. The maximum absolute atomic E-state index is 12.8. The fraction of sp³-hybridized carbons (Fsp3) is 0.476. The van der Waals surface area contributed by atoms with Gasteiger partial charge in [-0.3, -0.25) is 14.7 Å². The van der Waals surface area contributed by atoms with Gasteiger partial charge in [0, 0.05) is 55.1 Å². The van der Waals surface area contributed by atoms with Gasteiger partial charge >= 0.3 is 0 Å². The van der Waals surface area contributed by atoms with Crippen molar-refractivity contribution in [3.63, 3.8) is 0 Å². The molecule has 2 amide bonds. The van der Waals surface area contributed by atoms with E-state index < -0.39 is 0 Å². The number of carbonyl (C=O) groups excluding carboxylic acids is 2. The molecular formula is C21H27N5O2. The molecule has 0 spiro atoms. The molecule has 7 heteroatoms. The van der Waals surface area contributed by atoms with E-state index in [0.29, 0.717) is 29.4 Å². The van der Waals surface area contributed by atoms with Crippen LogP contribution in [0.1, 0.15) is 57.4 Å². The second kappa shape index (κ2) is 7.75. The largest absolute Gasteiger partial charge is 0.338 e. The van der Waals surface area contributed by atoms with Crippen LogP contribution >= 0.6 is 0 Å². The maximum Gasteiger partial charge on any atom is 0.276 e. The molecule has 7 nitrogen and oxygen atoms in total. The first-order valence-electron chi connectivity index (χ1n) is 10.0. The Kier molecular flexibility index (Phi) is 5.17. The lowest BCUT2D eigenvalue weighted by Crippen LogP contribution is -2.39. The zero-order valence-corrected chi connectivity index (χ0v) is 16.5. The lowest BCUT2D eigenvalue weighted by atomic mass is 9.99. The number of carbonyl (C=O) groups is 2. The number of nitrogens with one attached hydrogen (secondary N) is 3. The van der Waals surface area contributed by atoms with Crippen molar-refractivity contribution in [3.8, 4) is 0 Å². The molecule has 2 aromatic rings. The van der Waals surface area contributed by atoms with E-state index in [-0.39, 0.29) is 11.8 Å². The number of hydrogen-bond donors (Lipinski definition) is 3. The van der Waals surface area contributed by atoms with E-state index in [9.17, 15) is 9.59 Å². The SMILES string of the molecule is Cc1cc(C(=O)N2CCCC(C)C2)ccc1NC(=O)c1n[nH]c2c1CNCC2. The van der Waals surface area contributed by atoms with Gasteiger partial charge in [-0.2, -0.15) is 5.10 Å². The third-order valence-electron chi connectivity index (χ3n) is 5.69. The fourth-order valence-corrected chi connectivity index (χ4v) is 4.09. The number of benzene rings is 1. The summed E-state index contributed by atoms with van der Waals surface area (Å²) in [5.41, 5.74) is 4.64. The number of H-pyrrole nitrogens is 1. The van der Waals surface area contributed by atoms with Gasteiger partial charge in [-0.05, 0) is 49.4 Å². The molecule has 1 aromatic heterocycles. The Hall–Kier alpha value is -2.67. The van der Waals surface area contributed by atoms with Crippen molar-refractivity contribution in [1.82, 2.24) is 20.4 Å². The zero-order valence-electron chi connectivity index (χ0n) is 16.5. The minimum Gasteiger partial charge on any atom is -0.338 e. The highest BCUT2D eigenvalue weighted by Gasteiger charge is 2.24. The van der Waals surface area contributed by atoms with Crippen molar-refractivity contribution in [1.29, 1.82) is 0 Å². The van der Waals surface area contributed by atoms with Crippen molar-refractivity contribution < 1.29 is 9.59 Å². The number of piperidine rings is 1. The van der Waals surface area contributed by atoms with E-state index >= 15 is 0 Å². The quantitative estimate of drug-likeness (QED) is 0.762. The summed E-state index contributed by atoms with van der Waals surface area (Å²) < 4.78 is 0. The number of amides is 2. The van der Waals surface area contributed by atoms with E-state index in [1.54, 1.807) is 6.07 Å². The molecule has 0 bridgehead atoms. The van der Waals surface area contributed by atoms with E-state index in [0.717, 1.165) is 49.3 Å². The zero-order chi connectivity index (χ0) is 19.7. The minimum absolute atomic E-state index is 0.0694. The highest BCUT2D eigenvalue weighted by Crippen LogP contribution is 2.23. The summed E-state index contributed by atoms with van der Waals surface area (Å²) in [6, 6.07) is 5.47. The van der Waals surface area contributed by atoms with Crippen LogP contribution in [0.25, 0.3) is 0 Å². The molecule has 1 aromatic carbocycles. The van der Waals surface area contributed by atoms with Crippen LogP contribution in [0.2, 0.25) is 0 Å². The third-order valence-corrected chi connectivity index (χ3v) is 5.69. The first kappa shape index (κ1) is 18.7. The number of aromatic amines is 1. The number of hydrogen-bond acceptors (Lipinski definition) is 4. The first-order chi connectivity index (χ1) is 13.5. The molecule has 0 radical (unpaired) electrons. The average molecular weight is 381 g/mol. The van der Waals surface area contributed by atoms with Crippen molar-refractivity contribution in [2.45, 2.75) is 39.7 Å². The third kappa shape index (κ3) is 3.67. The summed E-state index contributed by atoms with van der Waals surface area (Å²) in [6.07, 6.45) is 3.09. The van der Waals surface area contributed by atoms with E-state index in [4.69, 9.17) is 0 Å². The normalized spacial score (nSPS) is 19.2. The minimum atomic E-state index is -0.228. The lowest BCUT2D eigenvalue weighted by molar-refractivity contribution is 0.0683. The Morgan fingerprint density at radius 3 is 2.96 bits per heavy atom. The first-order valence-corrected chi connectivity index (χ1v) is 10.0. The maximum atomic E-state index is 12.8. The van der Waals surface area contributed by atoms with Crippen LogP contribution in [0.15, 0.2) is 18.2 Å². The Morgan fingerprint density at radius 2 is 2.18 bits per heavy atom. The molecule has 1 atom stereocenters. The van der Waals surface area contributed by atoms with Crippen LogP contribution in [0, 0.1) is 12.8 Å². The number of aryl methyl sites for hydroxylation is 1. The summed E-state index contributed by atoms with van der Waals surface area (Å²) in [5, 5.41) is 13.4. The van der Waals surface area contributed by atoms with Crippen LogP contribution in [-0.2, 0) is 13.0 Å². The van der Waals surface area contributed by atoms with Crippen molar-refractivity contribution in [2.75, 3.05) is 25.0 Å². The van der Waals surface area contributed by atoms with Crippen LogP contribution in [0.4, 0.5) is 5.69 Å². The van der Waals surface area contributed by atoms with Gasteiger partial charge in [0.2, 0.25) is 0 Å². The Labute approximate surface area is 164 Å². The lowest BCUT2D eigenvalue weighted by Gasteiger charge is -2.31. The Bertz CT molecular complexity index is 904. The molecule has 2 aliphatic rings. The fourth-order valence-electron chi connectivity index (χ4n) is 4.09.